The van der Waals surface area contributed by atoms with E-state index in [1.807, 2.05) is 0 Å². The van der Waals surface area contributed by atoms with E-state index in [-0.39, 0.29) is 0 Å². The molecule has 2 heteroatoms. The average molecular weight is 244 g/mol. The van der Waals surface area contributed by atoms with Crippen molar-refractivity contribution in [2.75, 3.05) is 19.0 Å². The fraction of sp³-hybridized carbons (Fsp3) is 1.00. The van der Waals surface area contributed by atoms with Gasteiger partial charge in [-0.1, -0.05) is 44.9 Å². The Morgan fingerprint density at radius 3 is 2.06 bits per heavy atom. The molecule has 0 N–H and O–H groups in total. The highest BCUT2D eigenvalue weighted by Crippen LogP contribution is 2.32. The normalized spacial score (nSPS) is 15.6. The third-order valence-corrected chi connectivity index (χ3v) is 3.63. The van der Waals surface area contributed by atoms with E-state index < -0.39 is 0 Å². The second-order valence-corrected chi connectivity index (χ2v) is 5.49. The predicted molar refractivity (Wildman–Crippen MR) is 74.3 cm³/mol. The summed E-state index contributed by atoms with van der Waals surface area (Å²) in [4.78, 5) is 0. The molecular formula is C14H28OS. The molecule has 0 aromatic rings. The molecule has 0 aromatic carbocycles. The molecule has 0 bridgehead atoms. The molecule has 0 amide bonds. The summed E-state index contributed by atoms with van der Waals surface area (Å²) >= 11 is 4.21. The van der Waals surface area contributed by atoms with Gasteiger partial charge in [-0.15, -0.1) is 0 Å². The van der Waals surface area contributed by atoms with Gasteiger partial charge in [-0.2, -0.15) is 12.6 Å². The molecule has 0 spiro atoms. The number of ether oxygens (including phenoxy) is 1. The molecule has 1 fully saturated rings. The van der Waals surface area contributed by atoms with Crippen molar-refractivity contribution in [2.24, 2.45) is 5.92 Å². The standard InChI is InChI=1S/C14H28OS/c16-13-7-5-3-1-2-4-6-11-15-12-10-14-8-9-14/h14,16H,1-13H2. The second kappa shape index (κ2) is 10.5. The molecule has 1 nitrogen and oxygen atoms in total. The summed E-state index contributed by atoms with van der Waals surface area (Å²) in [5.41, 5.74) is 0. The fourth-order valence-corrected chi connectivity index (χ4v) is 2.18. The van der Waals surface area contributed by atoms with Gasteiger partial charge in [0.25, 0.3) is 0 Å². The minimum atomic E-state index is 0.989. The van der Waals surface area contributed by atoms with E-state index in [0.717, 1.165) is 24.9 Å². The molecule has 1 aliphatic carbocycles. The third kappa shape index (κ3) is 9.53. The Balaban J connectivity index is 1.61. The third-order valence-electron chi connectivity index (χ3n) is 3.31. The minimum Gasteiger partial charge on any atom is -0.381 e. The van der Waals surface area contributed by atoms with E-state index in [4.69, 9.17) is 4.74 Å². The van der Waals surface area contributed by atoms with Gasteiger partial charge in [0, 0.05) is 13.2 Å². The predicted octanol–water partition coefficient (Wildman–Crippen LogP) is 4.46. The van der Waals surface area contributed by atoms with Crippen LogP contribution in [0, 0.1) is 5.92 Å². The average Bonchev–Trinajstić information content (AvgIpc) is 3.10. The van der Waals surface area contributed by atoms with Crippen LogP contribution in [0.1, 0.15) is 64.2 Å². The van der Waals surface area contributed by atoms with Crippen molar-refractivity contribution in [1.82, 2.24) is 0 Å². The molecular weight excluding hydrogens is 216 g/mol. The van der Waals surface area contributed by atoms with E-state index in [2.05, 4.69) is 12.6 Å². The Kier molecular flexibility index (Phi) is 9.40. The van der Waals surface area contributed by atoms with Gasteiger partial charge in [-0.25, -0.2) is 0 Å². The van der Waals surface area contributed by atoms with Gasteiger partial charge in [-0.05, 0) is 30.9 Å². The van der Waals surface area contributed by atoms with Crippen LogP contribution in [0.2, 0.25) is 0 Å². The zero-order valence-corrected chi connectivity index (χ0v) is 11.5. The summed E-state index contributed by atoms with van der Waals surface area (Å²) in [7, 11) is 0. The summed E-state index contributed by atoms with van der Waals surface area (Å²) in [6.45, 7) is 2.00. The van der Waals surface area contributed by atoms with Crippen LogP contribution in [0.15, 0.2) is 0 Å². The number of hydrogen-bond donors (Lipinski definition) is 1. The highest BCUT2D eigenvalue weighted by Gasteiger charge is 2.20. The monoisotopic (exact) mass is 244 g/mol. The van der Waals surface area contributed by atoms with Crippen LogP contribution in [-0.4, -0.2) is 19.0 Å². The van der Waals surface area contributed by atoms with Gasteiger partial charge in [-0.3, -0.25) is 0 Å². The van der Waals surface area contributed by atoms with E-state index in [1.54, 1.807) is 0 Å². The first-order chi connectivity index (χ1) is 7.93. The summed E-state index contributed by atoms with van der Waals surface area (Å²) in [6.07, 6.45) is 13.7. The molecule has 1 saturated carbocycles. The lowest BCUT2D eigenvalue weighted by molar-refractivity contribution is 0.124. The highest BCUT2D eigenvalue weighted by molar-refractivity contribution is 7.80. The summed E-state index contributed by atoms with van der Waals surface area (Å²) < 4.78 is 5.62. The molecule has 0 aliphatic heterocycles. The Hall–Kier alpha value is 0.310. The Morgan fingerprint density at radius 1 is 0.812 bits per heavy atom. The van der Waals surface area contributed by atoms with Crippen molar-refractivity contribution in [3.05, 3.63) is 0 Å². The van der Waals surface area contributed by atoms with Crippen molar-refractivity contribution in [2.45, 2.75) is 64.2 Å². The second-order valence-electron chi connectivity index (χ2n) is 5.04. The first kappa shape index (κ1) is 14.4. The Morgan fingerprint density at radius 2 is 1.44 bits per heavy atom. The molecule has 0 unspecified atom stereocenters. The Labute approximate surface area is 107 Å². The Bertz CT molecular complexity index is 146. The van der Waals surface area contributed by atoms with Crippen LogP contribution >= 0.6 is 12.6 Å². The molecule has 96 valence electrons. The smallest absolute Gasteiger partial charge is 0.0468 e. The zero-order valence-electron chi connectivity index (χ0n) is 10.6. The van der Waals surface area contributed by atoms with E-state index >= 15 is 0 Å². The number of hydrogen-bond acceptors (Lipinski definition) is 2. The molecule has 0 atom stereocenters. The summed E-state index contributed by atoms with van der Waals surface area (Å²) in [5, 5.41) is 0. The van der Waals surface area contributed by atoms with Crippen LogP contribution < -0.4 is 0 Å². The van der Waals surface area contributed by atoms with Crippen molar-refractivity contribution in [3.63, 3.8) is 0 Å². The molecule has 1 rings (SSSR count). The molecule has 0 aromatic heterocycles. The first-order valence-corrected chi connectivity index (χ1v) is 7.75. The van der Waals surface area contributed by atoms with Gasteiger partial charge in [0.1, 0.15) is 0 Å². The van der Waals surface area contributed by atoms with Gasteiger partial charge in [0.2, 0.25) is 0 Å². The molecule has 0 saturated heterocycles. The van der Waals surface area contributed by atoms with Crippen LogP contribution in [-0.2, 0) is 4.74 Å². The van der Waals surface area contributed by atoms with Crippen molar-refractivity contribution in [3.8, 4) is 0 Å². The lowest BCUT2D eigenvalue weighted by Gasteiger charge is -2.03. The quantitative estimate of drug-likeness (QED) is 0.394. The van der Waals surface area contributed by atoms with Crippen LogP contribution in [0.3, 0.4) is 0 Å². The van der Waals surface area contributed by atoms with Crippen molar-refractivity contribution >= 4 is 12.6 Å². The van der Waals surface area contributed by atoms with E-state index in [9.17, 15) is 0 Å². The maximum absolute atomic E-state index is 5.62. The van der Waals surface area contributed by atoms with Crippen molar-refractivity contribution < 1.29 is 4.74 Å². The lowest BCUT2D eigenvalue weighted by atomic mass is 10.1. The van der Waals surface area contributed by atoms with Gasteiger partial charge in [0.15, 0.2) is 0 Å². The summed E-state index contributed by atoms with van der Waals surface area (Å²) in [6, 6.07) is 0. The van der Waals surface area contributed by atoms with Crippen LogP contribution in [0.5, 0.6) is 0 Å². The summed E-state index contributed by atoms with van der Waals surface area (Å²) in [5.74, 6) is 2.07. The SMILES string of the molecule is SCCCCCCCCCOCCC1CC1. The van der Waals surface area contributed by atoms with Crippen molar-refractivity contribution in [1.29, 1.82) is 0 Å². The van der Waals surface area contributed by atoms with E-state index in [0.29, 0.717) is 0 Å². The first-order valence-electron chi connectivity index (χ1n) is 7.12. The van der Waals surface area contributed by atoms with Gasteiger partial charge >= 0.3 is 0 Å². The molecule has 16 heavy (non-hydrogen) atoms. The topological polar surface area (TPSA) is 9.23 Å². The zero-order chi connectivity index (χ0) is 11.5. The largest absolute Gasteiger partial charge is 0.381 e. The van der Waals surface area contributed by atoms with Gasteiger partial charge in [0.05, 0.1) is 0 Å². The lowest BCUT2D eigenvalue weighted by Crippen LogP contribution is -1.97. The number of unbranched alkanes of at least 4 members (excludes halogenated alkanes) is 6. The minimum absolute atomic E-state index is 0.989. The maximum Gasteiger partial charge on any atom is 0.0468 e. The molecule has 1 aliphatic rings. The van der Waals surface area contributed by atoms with E-state index in [1.165, 1.54) is 64.2 Å². The number of rotatable bonds is 12. The highest BCUT2D eigenvalue weighted by atomic mass is 32.1. The number of thiol groups is 1. The van der Waals surface area contributed by atoms with Crippen LogP contribution in [0.4, 0.5) is 0 Å². The molecule has 0 heterocycles. The van der Waals surface area contributed by atoms with Gasteiger partial charge < -0.3 is 4.74 Å². The fourth-order valence-electron chi connectivity index (χ4n) is 1.96. The maximum atomic E-state index is 5.62. The van der Waals surface area contributed by atoms with Crippen LogP contribution in [0.25, 0.3) is 0 Å². The molecule has 0 radical (unpaired) electrons.